The molecule has 1 heterocycles. The fraction of sp³-hybridized carbons (Fsp3) is 0.214. The third-order valence-corrected chi connectivity index (χ3v) is 3.22. The number of nitrogens with zero attached hydrogens (tertiary/aromatic N) is 1. The van der Waals surface area contributed by atoms with E-state index < -0.39 is 0 Å². The number of benzene rings is 1. The van der Waals surface area contributed by atoms with Crippen molar-refractivity contribution >= 4 is 27.4 Å². The van der Waals surface area contributed by atoms with E-state index in [1.807, 2.05) is 42.3 Å². The summed E-state index contributed by atoms with van der Waals surface area (Å²) in [6, 6.07) is 9.43. The van der Waals surface area contributed by atoms with Crippen molar-refractivity contribution in [2.24, 2.45) is 0 Å². The Labute approximate surface area is 115 Å². The van der Waals surface area contributed by atoms with E-state index in [-0.39, 0.29) is 5.78 Å². The molecule has 0 radical (unpaired) electrons. The predicted molar refractivity (Wildman–Crippen MR) is 75.0 cm³/mol. The molecule has 0 saturated heterocycles. The number of ketones is 1. The van der Waals surface area contributed by atoms with Crippen LogP contribution in [0.5, 0.6) is 0 Å². The zero-order valence-electron chi connectivity index (χ0n) is 10.3. The van der Waals surface area contributed by atoms with Gasteiger partial charge in [-0.05, 0) is 37.3 Å². The van der Waals surface area contributed by atoms with Crippen LogP contribution >= 0.6 is 15.9 Å². The molecule has 3 nitrogen and oxygen atoms in total. The molecule has 0 saturated carbocycles. The smallest absolute Gasteiger partial charge is 0.161 e. The lowest BCUT2D eigenvalue weighted by Gasteiger charge is -2.20. The number of carbonyl (C=O) groups excluding carboxylic acids is 1. The van der Waals surface area contributed by atoms with Gasteiger partial charge in [0.2, 0.25) is 0 Å². The molecule has 0 atom stereocenters. The van der Waals surface area contributed by atoms with Crippen molar-refractivity contribution < 1.29 is 9.21 Å². The van der Waals surface area contributed by atoms with Crippen molar-refractivity contribution in [1.82, 2.24) is 0 Å². The van der Waals surface area contributed by atoms with Crippen LogP contribution in [0, 0.1) is 0 Å². The lowest BCUT2D eigenvalue weighted by atomic mass is 10.1. The Bertz CT molecular complexity index is 549. The van der Waals surface area contributed by atoms with E-state index in [0.29, 0.717) is 12.1 Å². The number of furan rings is 1. The van der Waals surface area contributed by atoms with E-state index in [0.717, 1.165) is 15.9 Å². The average Bonchev–Trinajstić information content (AvgIpc) is 2.81. The van der Waals surface area contributed by atoms with Gasteiger partial charge in [-0.1, -0.05) is 15.9 Å². The Morgan fingerprint density at radius 3 is 2.78 bits per heavy atom. The monoisotopic (exact) mass is 307 g/mol. The van der Waals surface area contributed by atoms with Gasteiger partial charge in [0.05, 0.1) is 12.8 Å². The summed E-state index contributed by atoms with van der Waals surface area (Å²) in [5.74, 6) is 0.927. The molecule has 0 aliphatic rings. The fourth-order valence-corrected chi connectivity index (χ4v) is 2.19. The normalized spacial score (nSPS) is 10.4. The number of rotatable bonds is 4. The topological polar surface area (TPSA) is 33.5 Å². The fourth-order valence-electron chi connectivity index (χ4n) is 1.84. The number of anilines is 1. The van der Waals surface area contributed by atoms with Gasteiger partial charge < -0.3 is 9.32 Å². The SMILES string of the molecule is CC(=O)c1ccc(Br)cc1N(C)Cc1ccco1. The molecule has 4 heteroatoms. The molecule has 18 heavy (non-hydrogen) atoms. The van der Waals surface area contributed by atoms with E-state index in [9.17, 15) is 4.79 Å². The van der Waals surface area contributed by atoms with Crippen molar-refractivity contribution in [2.45, 2.75) is 13.5 Å². The lowest BCUT2D eigenvalue weighted by molar-refractivity contribution is 0.101. The van der Waals surface area contributed by atoms with Crippen molar-refractivity contribution in [3.63, 3.8) is 0 Å². The molecule has 0 unspecified atom stereocenters. The van der Waals surface area contributed by atoms with Crippen LogP contribution in [0.2, 0.25) is 0 Å². The lowest BCUT2D eigenvalue weighted by Crippen LogP contribution is -2.18. The van der Waals surface area contributed by atoms with Crippen molar-refractivity contribution in [2.75, 3.05) is 11.9 Å². The average molecular weight is 308 g/mol. The second-order valence-corrected chi connectivity index (χ2v) is 5.07. The van der Waals surface area contributed by atoms with Crippen LogP contribution in [-0.2, 0) is 6.54 Å². The second kappa shape index (κ2) is 5.40. The Morgan fingerprint density at radius 2 is 2.17 bits per heavy atom. The van der Waals surface area contributed by atoms with Crippen LogP contribution in [0.3, 0.4) is 0 Å². The highest BCUT2D eigenvalue weighted by molar-refractivity contribution is 9.10. The minimum atomic E-state index is 0.0591. The summed E-state index contributed by atoms with van der Waals surface area (Å²) in [7, 11) is 1.94. The molecule has 0 spiro atoms. The second-order valence-electron chi connectivity index (χ2n) is 4.15. The molecule has 1 aromatic heterocycles. The standard InChI is InChI=1S/C14H14BrNO2/c1-10(17)13-6-5-11(15)8-14(13)16(2)9-12-4-3-7-18-12/h3-8H,9H2,1-2H3. The molecule has 94 valence electrons. The summed E-state index contributed by atoms with van der Waals surface area (Å²) in [6.07, 6.45) is 1.65. The largest absolute Gasteiger partial charge is 0.467 e. The minimum Gasteiger partial charge on any atom is -0.467 e. The van der Waals surface area contributed by atoms with Gasteiger partial charge in [-0.25, -0.2) is 0 Å². The molecule has 2 aromatic rings. The number of carbonyl (C=O) groups is 1. The Morgan fingerprint density at radius 1 is 1.39 bits per heavy atom. The van der Waals surface area contributed by atoms with E-state index in [4.69, 9.17) is 4.42 Å². The van der Waals surface area contributed by atoms with Crippen LogP contribution in [0.4, 0.5) is 5.69 Å². The molecular weight excluding hydrogens is 294 g/mol. The van der Waals surface area contributed by atoms with Gasteiger partial charge in [0.1, 0.15) is 5.76 Å². The van der Waals surface area contributed by atoms with Crippen LogP contribution < -0.4 is 4.90 Å². The molecule has 0 fully saturated rings. The number of hydrogen-bond acceptors (Lipinski definition) is 3. The maximum absolute atomic E-state index is 11.6. The van der Waals surface area contributed by atoms with Crippen LogP contribution in [0.1, 0.15) is 23.0 Å². The summed E-state index contributed by atoms with van der Waals surface area (Å²) in [5, 5.41) is 0. The Hall–Kier alpha value is -1.55. The highest BCUT2D eigenvalue weighted by Gasteiger charge is 2.12. The Kier molecular flexibility index (Phi) is 3.87. The predicted octanol–water partition coefficient (Wildman–Crippen LogP) is 3.88. The summed E-state index contributed by atoms with van der Waals surface area (Å²) in [5.41, 5.74) is 1.61. The molecule has 0 aliphatic heterocycles. The van der Waals surface area contributed by atoms with Gasteiger partial charge in [0, 0.05) is 22.8 Å². The molecular formula is C14H14BrNO2. The number of hydrogen-bond donors (Lipinski definition) is 0. The number of halogens is 1. The first-order valence-electron chi connectivity index (χ1n) is 5.62. The van der Waals surface area contributed by atoms with Gasteiger partial charge in [0.15, 0.2) is 5.78 Å². The van der Waals surface area contributed by atoms with Crippen LogP contribution in [-0.4, -0.2) is 12.8 Å². The third-order valence-electron chi connectivity index (χ3n) is 2.72. The molecule has 0 aliphatic carbocycles. The van der Waals surface area contributed by atoms with Gasteiger partial charge >= 0.3 is 0 Å². The maximum atomic E-state index is 11.6. The molecule has 1 aromatic carbocycles. The van der Waals surface area contributed by atoms with E-state index >= 15 is 0 Å². The van der Waals surface area contributed by atoms with Crippen molar-refractivity contribution in [1.29, 1.82) is 0 Å². The maximum Gasteiger partial charge on any atom is 0.161 e. The highest BCUT2D eigenvalue weighted by Crippen LogP contribution is 2.26. The zero-order chi connectivity index (χ0) is 13.1. The van der Waals surface area contributed by atoms with Crippen molar-refractivity contribution in [3.8, 4) is 0 Å². The summed E-state index contributed by atoms with van der Waals surface area (Å²) >= 11 is 3.43. The summed E-state index contributed by atoms with van der Waals surface area (Å²) < 4.78 is 6.27. The Balaban J connectivity index is 2.31. The third kappa shape index (κ3) is 2.82. The first-order chi connectivity index (χ1) is 8.58. The van der Waals surface area contributed by atoms with Gasteiger partial charge in [0.25, 0.3) is 0 Å². The summed E-state index contributed by atoms with van der Waals surface area (Å²) in [6.45, 7) is 2.21. The van der Waals surface area contributed by atoms with Crippen molar-refractivity contribution in [3.05, 3.63) is 52.4 Å². The van der Waals surface area contributed by atoms with Crippen LogP contribution in [0.15, 0.2) is 45.5 Å². The van der Waals surface area contributed by atoms with Gasteiger partial charge in [-0.3, -0.25) is 4.79 Å². The molecule has 0 amide bonds. The van der Waals surface area contributed by atoms with Gasteiger partial charge in [-0.15, -0.1) is 0 Å². The quantitative estimate of drug-likeness (QED) is 0.804. The van der Waals surface area contributed by atoms with Crippen LogP contribution in [0.25, 0.3) is 0 Å². The molecule has 2 rings (SSSR count). The van der Waals surface area contributed by atoms with E-state index in [1.54, 1.807) is 13.2 Å². The van der Waals surface area contributed by atoms with Gasteiger partial charge in [-0.2, -0.15) is 0 Å². The first kappa shape index (κ1) is 12.9. The zero-order valence-corrected chi connectivity index (χ0v) is 11.9. The van der Waals surface area contributed by atoms with E-state index in [2.05, 4.69) is 15.9 Å². The van der Waals surface area contributed by atoms with E-state index in [1.165, 1.54) is 0 Å². The number of Topliss-reactive ketones (excluding diaryl/α,β-unsaturated/α-hetero) is 1. The summed E-state index contributed by atoms with van der Waals surface area (Å²) in [4.78, 5) is 13.6. The minimum absolute atomic E-state index is 0.0591. The highest BCUT2D eigenvalue weighted by atomic mass is 79.9. The molecule has 0 N–H and O–H groups in total. The first-order valence-corrected chi connectivity index (χ1v) is 6.41. The molecule has 0 bridgehead atoms.